The van der Waals surface area contributed by atoms with Crippen LogP contribution in [0.5, 0.6) is 0 Å². The van der Waals surface area contributed by atoms with E-state index in [1.807, 2.05) is 71.7 Å². The van der Waals surface area contributed by atoms with E-state index in [4.69, 9.17) is 0 Å². The molecule has 0 spiro atoms. The molecule has 2 heterocycles. The van der Waals surface area contributed by atoms with Crippen LogP contribution >= 0.6 is 23.1 Å². The molecule has 4 rings (SSSR count). The van der Waals surface area contributed by atoms with E-state index in [1.165, 1.54) is 0 Å². The fraction of sp³-hybridized carbons (Fsp3) is 0.0952. The highest BCUT2D eigenvalue weighted by Gasteiger charge is 2.12. The fourth-order valence-corrected chi connectivity index (χ4v) is 4.31. The molecule has 0 fully saturated rings. The van der Waals surface area contributed by atoms with E-state index in [0.717, 1.165) is 27.6 Å². The fourth-order valence-electron chi connectivity index (χ4n) is 2.69. The van der Waals surface area contributed by atoms with Gasteiger partial charge in [0.05, 0.1) is 28.7 Å². The monoisotopic (exact) mass is 406 g/mol. The van der Waals surface area contributed by atoms with Crippen LogP contribution in [0.15, 0.2) is 82.8 Å². The van der Waals surface area contributed by atoms with Gasteiger partial charge < -0.3 is 5.32 Å². The summed E-state index contributed by atoms with van der Waals surface area (Å²) in [7, 11) is 0. The summed E-state index contributed by atoms with van der Waals surface area (Å²) < 4.78 is 1.80. The number of thiazole rings is 1. The maximum absolute atomic E-state index is 12.7. The Morgan fingerprint density at radius 3 is 2.75 bits per heavy atom. The molecule has 7 heteroatoms. The molecule has 0 radical (unpaired) electrons. The number of nitrogens with one attached hydrogen (secondary N) is 1. The van der Waals surface area contributed by atoms with Gasteiger partial charge in [-0.25, -0.2) is 9.67 Å². The first-order valence-electron chi connectivity index (χ1n) is 8.75. The molecule has 2 aromatic carbocycles. The lowest BCUT2D eigenvalue weighted by atomic mass is 10.2. The number of hydrogen-bond acceptors (Lipinski definition) is 5. The van der Waals surface area contributed by atoms with Crippen LogP contribution < -0.4 is 5.32 Å². The van der Waals surface area contributed by atoms with Gasteiger partial charge in [0.15, 0.2) is 0 Å². The third kappa shape index (κ3) is 4.49. The number of nitrogens with zero attached hydrogens (tertiary/aromatic N) is 3. The zero-order chi connectivity index (χ0) is 19.2. The second kappa shape index (κ2) is 8.86. The summed E-state index contributed by atoms with van der Waals surface area (Å²) >= 11 is 3.20. The zero-order valence-electron chi connectivity index (χ0n) is 15.0. The van der Waals surface area contributed by atoms with Gasteiger partial charge in [-0.15, -0.1) is 23.1 Å². The van der Waals surface area contributed by atoms with Crippen LogP contribution in [0.3, 0.4) is 0 Å². The van der Waals surface area contributed by atoms with Crippen LogP contribution in [0.4, 0.5) is 0 Å². The maximum Gasteiger partial charge on any atom is 0.252 e. The van der Waals surface area contributed by atoms with Gasteiger partial charge in [0.25, 0.3) is 5.91 Å². The molecule has 4 aromatic rings. The quantitative estimate of drug-likeness (QED) is 0.458. The van der Waals surface area contributed by atoms with Crippen LogP contribution in [0.2, 0.25) is 0 Å². The Morgan fingerprint density at radius 1 is 1.11 bits per heavy atom. The SMILES string of the molecule is O=C(NCc1cnn(-c2ccccc2)c1)c1ccccc1SCc1cscn1. The number of thioether (sulfide) groups is 1. The van der Waals surface area contributed by atoms with E-state index in [1.54, 1.807) is 34.0 Å². The van der Waals surface area contributed by atoms with Crippen LogP contribution in [0, 0.1) is 0 Å². The number of benzene rings is 2. The highest BCUT2D eigenvalue weighted by molar-refractivity contribution is 7.98. The van der Waals surface area contributed by atoms with Gasteiger partial charge in [-0.2, -0.15) is 5.10 Å². The first-order valence-corrected chi connectivity index (χ1v) is 10.7. The van der Waals surface area contributed by atoms with Gasteiger partial charge in [0.1, 0.15) is 0 Å². The average Bonchev–Trinajstić information content (AvgIpc) is 3.43. The van der Waals surface area contributed by atoms with Crippen molar-refractivity contribution in [3.8, 4) is 5.69 Å². The summed E-state index contributed by atoms with van der Waals surface area (Å²) in [4.78, 5) is 18.0. The van der Waals surface area contributed by atoms with E-state index in [9.17, 15) is 4.79 Å². The van der Waals surface area contributed by atoms with Crippen LogP contribution in [0.25, 0.3) is 5.69 Å². The molecule has 1 N–H and O–H groups in total. The molecule has 0 atom stereocenters. The molecule has 2 aromatic heterocycles. The Balaban J connectivity index is 1.40. The lowest BCUT2D eigenvalue weighted by Gasteiger charge is -2.09. The standard InChI is InChI=1S/C21H18N4OS2/c26-21(19-8-4-5-9-20(19)28-14-17-13-27-15-23-17)22-10-16-11-24-25(12-16)18-6-2-1-3-7-18/h1-9,11-13,15H,10,14H2,(H,22,26). The van der Waals surface area contributed by atoms with Crippen molar-refractivity contribution in [2.75, 3.05) is 0 Å². The smallest absolute Gasteiger partial charge is 0.252 e. The Hall–Kier alpha value is -2.90. The van der Waals surface area contributed by atoms with Crippen LogP contribution in [-0.2, 0) is 12.3 Å². The highest BCUT2D eigenvalue weighted by atomic mass is 32.2. The van der Waals surface area contributed by atoms with E-state index < -0.39 is 0 Å². The minimum Gasteiger partial charge on any atom is -0.348 e. The number of aromatic nitrogens is 3. The van der Waals surface area contributed by atoms with Crippen molar-refractivity contribution in [2.45, 2.75) is 17.2 Å². The second-order valence-electron chi connectivity index (χ2n) is 6.08. The Bertz CT molecular complexity index is 1050. The van der Waals surface area contributed by atoms with Crippen molar-refractivity contribution in [1.82, 2.24) is 20.1 Å². The predicted molar refractivity (Wildman–Crippen MR) is 113 cm³/mol. The van der Waals surface area contributed by atoms with E-state index in [2.05, 4.69) is 15.4 Å². The predicted octanol–water partition coefficient (Wildman–Crippen LogP) is 4.55. The Labute approximate surface area is 171 Å². The Morgan fingerprint density at radius 2 is 1.93 bits per heavy atom. The number of carbonyl (C=O) groups excluding carboxylic acids is 1. The van der Waals surface area contributed by atoms with Gasteiger partial charge in [0.2, 0.25) is 0 Å². The first-order chi connectivity index (χ1) is 13.8. The summed E-state index contributed by atoms with van der Waals surface area (Å²) in [5, 5.41) is 9.39. The molecule has 0 aliphatic rings. The van der Waals surface area contributed by atoms with Crippen LogP contribution in [0.1, 0.15) is 21.6 Å². The molecule has 140 valence electrons. The summed E-state index contributed by atoms with van der Waals surface area (Å²) in [6.45, 7) is 0.427. The molecule has 0 unspecified atom stereocenters. The number of para-hydroxylation sites is 1. The second-order valence-corrected chi connectivity index (χ2v) is 7.81. The van der Waals surface area contributed by atoms with Crippen molar-refractivity contribution in [1.29, 1.82) is 0 Å². The minimum absolute atomic E-state index is 0.0890. The lowest BCUT2D eigenvalue weighted by Crippen LogP contribution is -2.23. The Kier molecular flexibility index (Phi) is 5.84. The molecule has 0 bridgehead atoms. The third-order valence-corrected chi connectivity index (χ3v) is 5.84. The average molecular weight is 407 g/mol. The summed E-state index contributed by atoms with van der Waals surface area (Å²) in [6.07, 6.45) is 3.70. The molecule has 0 saturated carbocycles. The molecular formula is C21H18N4OS2. The number of amides is 1. The van der Waals surface area contributed by atoms with E-state index in [0.29, 0.717) is 12.1 Å². The third-order valence-electron chi connectivity index (χ3n) is 4.10. The normalized spacial score (nSPS) is 10.7. The van der Waals surface area contributed by atoms with Crippen molar-refractivity contribution in [3.63, 3.8) is 0 Å². The summed E-state index contributed by atoms with van der Waals surface area (Å²) in [5.74, 6) is 0.659. The first kappa shape index (κ1) is 18.5. The topological polar surface area (TPSA) is 59.8 Å². The van der Waals surface area contributed by atoms with Crippen molar-refractivity contribution < 1.29 is 4.79 Å². The number of rotatable bonds is 7. The number of carbonyl (C=O) groups is 1. The molecule has 0 aliphatic heterocycles. The maximum atomic E-state index is 12.7. The molecule has 5 nitrogen and oxygen atoms in total. The van der Waals surface area contributed by atoms with E-state index >= 15 is 0 Å². The molecule has 28 heavy (non-hydrogen) atoms. The molecular weight excluding hydrogens is 388 g/mol. The minimum atomic E-state index is -0.0890. The summed E-state index contributed by atoms with van der Waals surface area (Å²) in [6, 6.07) is 17.6. The van der Waals surface area contributed by atoms with Gasteiger partial charge in [-0.05, 0) is 24.3 Å². The zero-order valence-corrected chi connectivity index (χ0v) is 16.6. The van der Waals surface area contributed by atoms with E-state index in [-0.39, 0.29) is 5.91 Å². The summed E-state index contributed by atoms with van der Waals surface area (Å²) in [5.41, 5.74) is 5.47. The highest BCUT2D eigenvalue weighted by Crippen LogP contribution is 2.26. The van der Waals surface area contributed by atoms with Crippen LogP contribution in [-0.4, -0.2) is 20.7 Å². The molecule has 0 saturated heterocycles. The lowest BCUT2D eigenvalue weighted by molar-refractivity contribution is 0.0948. The van der Waals surface area contributed by atoms with Gasteiger partial charge >= 0.3 is 0 Å². The van der Waals surface area contributed by atoms with Crippen molar-refractivity contribution in [3.05, 3.63) is 94.7 Å². The van der Waals surface area contributed by atoms with Gasteiger partial charge in [-0.3, -0.25) is 4.79 Å². The largest absolute Gasteiger partial charge is 0.348 e. The van der Waals surface area contributed by atoms with Gasteiger partial charge in [-0.1, -0.05) is 30.3 Å². The van der Waals surface area contributed by atoms with Crippen molar-refractivity contribution >= 4 is 29.0 Å². The molecule has 0 aliphatic carbocycles. The molecule has 1 amide bonds. The van der Waals surface area contributed by atoms with Gasteiger partial charge in [0, 0.05) is 34.3 Å². The number of hydrogen-bond donors (Lipinski definition) is 1. The van der Waals surface area contributed by atoms with Crippen molar-refractivity contribution in [2.24, 2.45) is 0 Å².